The summed E-state index contributed by atoms with van der Waals surface area (Å²) in [6.45, 7) is 5.83. The number of ether oxygens (including phenoxy) is 1. The molecule has 0 fully saturated rings. The van der Waals surface area contributed by atoms with E-state index in [0.29, 0.717) is 13.0 Å². The van der Waals surface area contributed by atoms with Gasteiger partial charge in [0.25, 0.3) is 0 Å². The molecule has 0 saturated heterocycles. The van der Waals surface area contributed by atoms with Crippen molar-refractivity contribution in [2.75, 3.05) is 6.54 Å². The number of aryl methyl sites for hydroxylation is 1. The van der Waals surface area contributed by atoms with Crippen LogP contribution in [0.4, 0.5) is 4.79 Å². The molecule has 1 heterocycles. The smallest absolute Gasteiger partial charge is 0.407 e. The van der Waals surface area contributed by atoms with E-state index in [4.69, 9.17) is 10.5 Å². The first kappa shape index (κ1) is 14.5. The zero-order valence-electron chi connectivity index (χ0n) is 11.4. The highest BCUT2D eigenvalue weighted by atomic mass is 16.6. The SMILES string of the molecule is Cn1nccc1CC(CN)NC(=O)OC(C)(C)C. The molecule has 0 radical (unpaired) electrons. The lowest BCUT2D eigenvalue weighted by molar-refractivity contribution is 0.0505. The van der Waals surface area contributed by atoms with Crippen molar-refractivity contribution < 1.29 is 9.53 Å². The Morgan fingerprint density at radius 1 is 1.61 bits per heavy atom. The van der Waals surface area contributed by atoms with Crippen LogP contribution < -0.4 is 11.1 Å². The number of carbonyl (C=O) groups excluding carboxylic acids is 1. The predicted molar refractivity (Wildman–Crippen MR) is 69.1 cm³/mol. The predicted octanol–water partition coefficient (Wildman–Crippen LogP) is 0.815. The number of aromatic nitrogens is 2. The molecular formula is C12H22N4O2. The lowest BCUT2D eigenvalue weighted by atomic mass is 10.1. The van der Waals surface area contributed by atoms with E-state index in [-0.39, 0.29) is 6.04 Å². The van der Waals surface area contributed by atoms with Gasteiger partial charge in [0.15, 0.2) is 0 Å². The van der Waals surface area contributed by atoms with Gasteiger partial charge < -0.3 is 15.8 Å². The second-order valence-corrected chi connectivity index (χ2v) is 5.23. The molecule has 1 rings (SSSR count). The molecule has 6 heteroatoms. The number of carbonyl (C=O) groups is 1. The third kappa shape index (κ3) is 4.75. The Labute approximate surface area is 107 Å². The molecule has 3 N–H and O–H groups in total. The number of rotatable bonds is 4. The van der Waals surface area contributed by atoms with Crippen molar-refractivity contribution in [2.24, 2.45) is 12.8 Å². The van der Waals surface area contributed by atoms with Crippen molar-refractivity contribution in [3.63, 3.8) is 0 Å². The fourth-order valence-electron chi connectivity index (χ4n) is 1.52. The van der Waals surface area contributed by atoms with Gasteiger partial charge in [-0.15, -0.1) is 0 Å². The summed E-state index contributed by atoms with van der Waals surface area (Å²) < 4.78 is 6.95. The van der Waals surface area contributed by atoms with E-state index >= 15 is 0 Å². The molecule has 1 amide bonds. The summed E-state index contributed by atoms with van der Waals surface area (Å²) in [5.41, 5.74) is 6.16. The van der Waals surface area contributed by atoms with Gasteiger partial charge in [0, 0.05) is 37.9 Å². The average molecular weight is 254 g/mol. The monoisotopic (exact) mass is 254 g/mol. The van der Waals surface area contributed by atoms with Crippen molar-refractivity contribution >= 4 is 6.09 Å². The molecule has 0 aromatic carbocycles. The Hall–Kier alpha value is -1.56. The number of nitrogens with two attached hydrogens (primary N) is 1. The molecular weight excluding hydrogens is 232 g/mol. The third-order valence-corrected chi connectivity index (χ3v) is 2.38. The van der Waals surface area contributed by atoms with Crippen molar-refractivity contribution in [3.8, 4) is 0 Å². The molecule has 0 aliphatic rings. The van der Waals surface area contributed by atoms with Crippen LogP contribution in [0.5, 0.6) is 0 Å². The van der Waals surface area contributed by atoms with Crippen molar-refractivity contribution in [2.45, 2.75) is 38.8 Å². The fraction of sp³-hybridized carbons (Fsp3) is 0.667. The van der Waals surface area contributed by atoms with E-state index in [9.17, 15) is 4.79 Å². The van der Waals surface area contributed by atoms with Gasteiger partial charge in [0.1, 0.15) is 5.60 Å². The van der Waals surface area contributed by atoms with Gasteiger partial charge in [-0.2, -0.15) is 5.10 Å². The number of hydrogen-bond donors (Lipinski definition) is 2. The van der Waals surface area contributed by atoms with Crippen LogP contribution in [0.2, 0.25) is 0 Å². The summed E-state index contributed by atoms with van der Waals surface area (Å²) in [6, 6.07) is 1.75. The maximum Gasteiger partial charge on any atom is 0.407 e. The number of nitrogens with zero attached hydrogens (tertiary/aromatic N) is 2. The van der Waals surface area contributed by atoms with Crippen LogP contribution in [0.3, 0.4) is 0 Å². The van der Waals surface area contributed by atoms with Crippen molar-refractivity contribution in [1.29, 1.82) is 0 Å². The molecule has 0 saturated carbocycles. The van der Waals surface area contributed by atoms with Gasteiger partial charge in [-0.25, -0.2) is 4.79 Å². The van der Waals surface area contributed by atoms with Crippen LogP contribution in [0.15, 0.2) is 12.3 Å². The number of alkyl carbamates (subject to hydrolysis) is 1. The Bertz CT molecular complexity index is 395. The highest BCUT2D eigenvalue weighted by molar-refractivity contribution is 5.68. The van der Waals surface area contributed by atoms with Gasteiger partial charge >= 0.3 is 6.09 Å². The molecule has 6 nitrogen and oxygen atoms in total. The van der Waals surface area contributed by atoms with Crippen LogP contribution in [0.1, 0.15) is 26.5 Å². The lowest BCUT2D eigenvalue weighted by Crippen LogP contribution is -2.44. The van der Waals surface area contributed by atoms with E-state index in [1.165, 1.54) is 0 Å². The summed E-state index contributed by atoms with van der Waals surface area (Å²) in [5, 5.41) is 6.84. The molecule has 0 bridgehead atoms. The quantitative estimate of drug-likeness (QED) is 0.833. The van der Waals surface area contributed by atoms with Crippen molar-refractivity contribution in [1.82, 2.24) is 15.1 Å². The molecule has 1 aromatic heterocycles. The van der Waals surface area contributed by atoms with E-state index in [2.05, 4.69) is 10.4 Å². The lowest BCUT2D eigenvalue weighted by Gasteiger charge is -2.23. The van der Waals surface area contributed by atoms with Gasteiger partial charge in [-0.1, -0.05) is 0 Å². The van der Waals surface area contributed by atoms with Gasteiger partial charge in [0.05, 0.1) is 0 Å². The first-order valence-corrected chi connectivity index (χ1v) is 5.98. The zero-order chi connectivity index (χ0) is 13.8. The maximum atomic E-state index is 11.6. The Kier molecular flexibility index (Phi) is 4.72. The molecule has 1 aromatic rings. The van der Waals surface area contributed by atoms with Crippen LogP contribution in [-0.4, -0.2) is 34.1 Å². The molecule has 102 valence electrons. The molecule has 18 heavy (non-hydrogen) atoms. The second-order valence-electron chi connectivity index (χ2n) is 5.23. The minimum atomic E-state index is -0.504. The molecule has 0 aliphatic carbocycles. The average Bonchev–Trinajstić information content (AvgIpc) is 2.60. The first-order chi connectivity index (χ1) is 8.31. The standard InChI is InChI=1S/C12H22N4O2/c1-12(2,3)18-11(17)15-9(8-13)7-10-5-6-14-16(10)4/h5-6,9H,7-8,13H2,1-4H3,(H,15,17). The largest absolute Gasteiger partial charge is 0.444 e. The molecule has 0 aliphatic heterocycles. The summed E-state index contributed by atoms with van der Waals surface area (Å²) >= 11 is 0. The minimum Gasteiger partial charge on any atom is -0.444 e. The van der Waals surface area contributed by atoms with Gasteiger partial charge in [-0.05, 0) is 26.8 Å². The molecule has 1 atom stereocenters. The van der Waals surface area contributed by atoms with Crippen LogP contribution in [-0.2, 0) is 18.2 Å². The van der Waals surface area contributed by atoms with Gasteiger partial charge in [-0.3, -0.25) is 4.68 Å². The second kappa shape index (κ2) is 5.86. The Morgan fingerprint density at radius 3 is 2.72 bits per heavy atom. The molecule has 1 unspecified atom stereocenters. The fourth-order valence-corrected chi connectivity index (χ4v) is 1.52. The van der Waals surface area contributed by atoms with E-state index in [1.54, 1.807) is 10.9 Å². The minimum absolute atomic E-state index is 0.157. The highest BCUT2D eigenvalue weighted by Gasteiger charge is 2.19. The number of nitrogens with one attached hydrogen (secondary N) is 1. The highest BCUT2D eigenvalue weighted by Crippen LogP contribution is 2.07. The summed E-state index contributed by atoms with van der Waals surface area (Å²) in [6.07, 6.45) is 1.91. The topological polar surface area (TPSA) is 82.2 Å². The van der Waals surface area contributed by atoms with E-state index in [0.717, 1.165) is 5.69 Å². The normalized spacial score (nSPS) is 13.2. The van der Waals surface area contributed by atoms with Crippen LogP contribution in [0, 0.1) is 0 Å². The third-order valence-electron chi connectivity index (χ3n) is 2.38. The van der Waals surface area contributed by atoms with E-state index < -0.39 is 11.7 Å². The first-order valence-electron chi connectivity index (χ1n) is 5.98. The van der Waals surface area contributed by atoms with Crippen LogP contribution in [0.25, 0.3) is 0 Å². The maximum absolute atomic E-state index is 11.6. The van der Waals surface area contributed by atoms with Crippen molar-refractivity contribution in [3.05, 3.63) is 18.0 Å². The summed E-state index contributed by atoms with van der Waals surface area (Å²) in [5.74, 6) is 0. The summed E-state index contributed by atoms with van der Waals surface area (Å²) in [4.78, 5) is 11.6. The Balaban J connectivity index is 2.52. The Morgan fingerprint density at radius 2 is 2.28 bits per heavy atom. The number of hydrogen-bond acceptors (Lipinski definition) is 4. The van der Waals surface area contributed by atoms with E-state index in [1.807, 2.05) is 33.9 Å². The van der Waals surface area contributed by atoms with Crippen LogP contribution >= 0.6 is 0 Å². The zero-order valence-corrected chi connectivity index (χ0v) is 11.4. The van der Waals surface area contributed by atoms with Gasteiger partial charge in [0.2, 0.25) is 0 Å². The number of amides is 1. The summed E-state index contributed by atoms with van der Waals surface area (Å²) in [7, 11) is 1.86. The molecule has 0 spiro atoms.